The van der Waals surface area contributed by atoms with Gasteiger partial charge in [-0.3, -0.25) is 0 Å². The number of nitrogens with zero attached hydrogens (tertiary/aromatic N) is 1. The molecule has 5 aromatic carbocycles. The fourth-order valence-electron chi connectivity index (χ4n) is 11.1. The highest BCUT2D eigenvalue weighted by atomic mass is 15.1. The summed E-state index contributed by atoms with van der Waals surface area (Å²) in [6.07, 6.45) is 7.13. The predicted molar refractivity (Wildman–Crippen MR) is 182 cm³/mol. The molecule has 0 aromatic heterocycles. The van der Waals surface area contributed by atoms with Crippen molar-refractivity contribution in [3.63, 3.8) is 0 Å². The van der Waals surface area contributed by atoms with Crippen LogP contribution in [0.5, 0.6) is 0 Å². The smallest absolute Gasteiger partial charge is 0.0465 e. The van der Waals surface area contributed by atoms with Crippen LogP contribution in [0.2, 0.25) is 0 Å². The van der Waals surface area contributed by atoms with Crippen LogP contribution in [0.15, 0.2) is 115 Å². The highest BCUT2D eigenvalue weighted by Crippen LogP contribution is 2.69. The Morgan fingerprint density at radius 1 is 0.455 bits per heavy atom. The molecule has 4 saturated carbocycles. The van der Waals surface area contributed by atoms with Crippen LogP contribution < -0.4 is 4.90 Å². The lowest BCUT2D eigenvalue weighted by Crippen LogP contribution is -2.55. The molecule has 11 rings (SSSR count). The molecule has 5 aromatic rings. The Labute approximate surface area is 261 Å². The largest absolute Gasteiger partial charge is 0.310 e. The molecule has 1 nitrogen and oxygen atoms in total. The Bertz CT molecular complexity index is 1930. The van der Waals surface area contributed by atoms with Gasteiger partial charge in [0, 0.05) is 27.9 Å². The van der Waals surface area contributed by atoms with E-state index in [0.717, 1.165) is 23.7 Å². The van der Waals surface area contributed by atoms with Gasteiger partial charge in [0.05, 0.1) is 0 Å². The van der Waals surface area contributed by atoms with Crippen molar-refractivity contribution in [3.05, 3.63) is 138 Å². The average molecular weight is 570 g/mol. The van der Waals surface area contributed by atoms with E-state index in [1.165, 1.54) is 82.5 Å². The second-order valence-electron chi connectivity index (χ2n) is 15.0. The van der Waals surface area contributed by atoms with Crippen LogP contribution in [0.4, 0.5) is 17.1 Å². The minimum absolute atomic E-state index is 0.0334. The van der Waals surface area contributed by atoms with Crippen molar-refractivity contribution in [2.24, 2.45) is 23.7 Å². The first-order valence-corrected chi connectivity index (χ1v) is 16.9. The van der Waals surface area contributed by atoms with Crippen LogP contribution in [0.3, 0.4) is 0 Å². The first-order chi connectivity index (χ1) is 21.5. The molecular formula is C43H39N. The number of hydrogen-bond acceptors (Lipinski definition) is 1. The number of fused-ring (bicyclic) bond motifs is 6. The van der Waals surface area contributed by atoms with E-state index < -0.39 is 0 Å². The van der Waals surface area contributed by atoms with Crippen LogP contribution in [-0.2, 0) is 10.8 Å². The van der Waals surface area contributed by atoms with Gasteiger partial charge in [0.2, 0.25) is 0 Å². The summed E-state index contributed by atoms with van der Waals surface area (Å²) < 4.78 is 0. The van der Waals surface area contributed by atoms with Gasteiger partial charge in [0.1, 0.15) is 0 Å². The summed E-state index contributed by atoms with van der Waals surface area (Å²) in [5.41, 5.74) is 15.7. The summed E-state index contributed by atoms with van der Waals surface area (Å²) in [6, 6.07) is 44.1. The van der Waals surface area contributed by atoms with Gasteiger partial charge in [-0.1, -0.05) is 92.7 Å². The summed E-state index contributed by atoms with van der Waals surface area (Å²) in [6.45, 7) is 4.77. The zero-order valence-electron chi connectivity index (χ0n) is 25.8. The average Bonchev–Trinajstić information content (AvgIpc) is 3.46. The SMILES string of the molecule is CC1(C)c2ccccc2-c2ccc(N(c3ccccc3)c3ccc4c(c3)C3(c5ccccc5-4)[C@H]4CC5C[C@H](C4)C[C@H]3C5)cc21. The molecule has 0 unspecified atom stereocenters. The lowest BCUT2D eigenvalue weighted by atomic mass is 9.43. The van der Waals surface area contributed by atoms with E-state index in [2.05, 4.69) is 134 Å². The highest BCUT2D eigenvalue weighted by molar-refractivity contribution is 5.88. The monoisotopic (exact) mass is 569 g/mol. The summed E-state index contributed by atoms with van der Waals surface area (Å²) in [4.78, 5) is 2.52. The lowest BCUT2D eigenvalue weighted by Gasteiger charge is -2.61. The summed E-state index contributed by atoms with van der Waals surface area (Å²) >= 11 is 0. The van der Waals surface area contributed by atoms with Crippen molar-refractivity contribution in [2.45, 2.75) is 56.8 Å². The number of benzene rings is 5. The number of hydrogen-bond donors (Lipinski definition) is 0. The maximum Gasteiger partial charge on any atom is 0.0465 e. The fourth-order valence-corrected chi connectivity index (χ4v) is 11.1. The molecule has 1 heteroatoms. The van der Waals surface area contributed by atoms with Crippen molar-refractivity contribution in [1.82, 2.24) is 0 Å². The zero-order valence-corrected chi connectivity index (χ0v) is 25.8. The van der Waals surface area contributed by atoms with Gasteiger partial charge in [-0.15, -0.1) is 0 Å². The van der Waals surface area contributed by atoms with Gasteiger partial charge in [0.15, 0.2) is 0 Å². The molecule has 0 heterocycles. The van der Waals surface area contributed by atoms with Crippen molar-refractivity contribution >= 4 is 17.1 Å². The molecule has 4 fully saturated rings. The van der Waals surface area contributed by atoms with E-state index in [-0.39, 0.29) is 10.8 Å². The second kappa shape index (κ2) is 8.75. The van der Waals surface area contributed by atoms with Crippen LogP contribution in [0, 0.1) is 23.7 Å². The third-order valence-electron chi connectivity index (χ3n) is 12.6. The first-order valence-electron chi connectivity index (χ1n) is 16.9. The van der Waals surface area contributed by atoms with Gasteiger partial charge in [-0.05, 0) is 137 Å². The topological polar surface area (TPSA) is 3.24 Å². The number of para-hydroxylation sites is 1. The van der Waals surface area contributed by atoms with E-state index >= 15 is 0 Å². The third kappa shape index (κ3) is 3.15. The molecule has 0 atom stereocenters. The molecule has 6 aliphatic carbocycles. The van der Waals surface area contributed by atoms with Crippen LogP contribution in [-0.4, -0.2) is 0 Å². The van der Waals surface area contributed by atoms with Crippen LogP contribution in [0.25, 0.3) is 22.3 Å². The van der Waals surface area contributed by atoms with Gasteiger partial charge in [-0.2, -0.15) is 0 Å². The molecule has 4 bridgehead atoms. The zero-order chi connectivity index (χ0) is 29.2. The second-order valence-corrected chi connectivity index (χ2v) is 15.0. The summed E-state index contributed by atoms with van der Waals surface area (Å²) in [5, 5.41) is 0. The lowest BCUT2D eigenvalue weighted by molar-refractivity contribution is -0.0399. The minimum Gasteiger partial charge on any atom is -0.310 e. The number of rotatable bonds is 3. The van der Waals surface area contributed by atoms with Crippen molar-refractivity contribution in [3.8, 4) is 22.3 Å². The fraction of sp³-hybridized carbons (Fsp3) is 0.302. The van der Waals surface area contributed by atoms with Crippen LogP contribution in [0.1, 0.15) is 68.2 Å². The molecule has 216 valence electrons. The van der Waals surface area contributed by atoms with E-state index in [1.54, 1.807) is 11.1 Å². The maximum absolute atomic E-state index is 2.62. The van der Waals surface area contributed by atoms with Gasteiger partial charge >= 0.3 is 0 Å². The molecule has 0 N–H and O–H groups in total. The Morgan fingerprint density at radius 3 is 1.61 bits per heavy atom. The molecule has 1 spiro atoms. The molecule has 0 aliphatic heterocycles. The molecule has 0 saturated heterocycles. The van der Waals surface area contributed by atoms with E-state index in [1.807, 2.05) is 0 Å². The quantitative estimate of drug-likeness (QED) is 0.209. The maximum atomic E-state index is 2.62. The van der Waals surface area contributed by atoms with Gasteiger partial charge in [-0.25, -0.2) is 0 Å². The number of anilines is 3. The Balaban J connectivity index is 1.17. The van der Waals surface area contributed by atoms with E-state index in [9.17, 15) is 0 Å². The first kappa shape index (κ1) is 25.2. The van der Waals surface area contributed by atoms with Crippen molar-refractivity contribution < 1.29 is 0 Å². The van der Waals surface area contributed by atoms with Gasteiger partial charge in [0.25, 0.3) is 0 Å². The summed E-state index contributed by atoms with van der Waals surface area (Å²) in [5.74, 6) is 3.42. The normalized spacial score (nSPS) is 27.6. The predicted octanol–water partition coefficient (Wildman–Crippen LogP) is 11.2. The standard InChI is InChI=1S/C43H39N/c1-42(2)38-14-8-6-12-34(38)36-18-16-32(25-40(36)42)44(31-10-4-3-5-11-31)33-17-19-37-35-13-7-9-15-39(35)43(41(37)26-33)29-21-27-20-28(23-29)24-30(43)22-27/h3-19,25-30H,20-24H2,1-2H3/t27-,28?,29-,30+,43?. The Hall–Kier alpha value is -4.10. The molecular weight excluding hydrogens is 530 g/mol. The third-order valence-corrected chi connectivity index (χ3v) is 12.6. The van der Waals surface area contributed by atoms with Crippen molar-refractivity contribution in [2.75, 3.05) is 4.90 Å². The Kier molecular flexibility index (Phi) is 5.02. The molecule has 0 amide bonds. The van der Waals surface area contributed by atoms with E-state index in [0.29, 0.717) is 0 Å². The molecule has 6 aliphatic rings. The summed E-state index contributed by atoms with van der Waals surface area (Å²) in [7, 11) is 0. The molecule has 44 heavy (non-hydrogen) atoms. The highest BCUT2D eigenvalue weighted by Gasteiger charge is 2.61. The van der Waals surface area contributed by atoms with Crippen molar-refractivity contribution in [1.29, 1.82) is 0 Å². The van der Waals surface area contributed by atoms with Gasteiger partial charge < -0.3 is 4.90 Å². The Morgan fingerprint density at radius 2 is 0.955 bits per heavy atom. The minimum atomic E-state index is -0.0334. The van der Waals surface area contributed by atoms with E-state index in [4.69, 9.17) is 0 Å². The van der Waals surface area contributed by atoms with Crippen LogP contribution >= 0.6 is 0 Å². The molecule has 0 radical (unpaired) electrons.